The van der Waals surface area contributed by atoms with E-state index in [0.29, 0.717) is 18.8 Å². The summed E-state index contributed by atoms with van der Waals surface area (Å²) in [6.45, 7) is 2.17. The highest BCUT2D eigenvalue weighted by atomic mass is 16.5. The number of furan rings is 1. The highest BCUT2D eigenvalue weighted by molar-refractivity contribution is 5.74. The topological polar surface area (TPSA) is 59.8 Å². The molecule has 0 aliphatic heterocycles. The summed E-state index contributed by atoms with van der Waals surface area (Å²) in [4.78, 5) is 23.8. The van der Waals surface area contributed by atoms with E-state index in [0.717, 1.165) is 0 Å². The molecule has 0 bridgehead atoms. The van der Waals surface area contributed by atoms with Crippen molar-refractivity contribution in [1.29, 1.82) is 0 Å². The van der Waals surface area contributed by atoms with Gasteiger partial charge in [-0.15, -0.1) is 0 Å². The van der Waals surface area contributed by atoms with E-state index in [9.17, 15) is 9.59 Å². The zero-order valence-electron chi connectivity index (χ0n) is 9.43. The van der Waals surface area contributed by atoms with Crippen LogP contribution in [0.15, 0.2) is 22.8 Å². The fraction of sp³-hybridized carbons (Fsp3) is 0.455. The van der Waals surface area contributed by atoms with Crippen molar-refractivity contribution in [3.63, 3.8) is 0 Å². The maximum Gasteiger partial charge on any atom is 0.307 e. The lowest BCUT2D eigenvalue weighted by Crippen LogP contribution is -2.30. The van der Waals surface area contributed by atoms with Crippen LogP contribution in [0.25, 0.3) is 0 Å². The van der Waals surface area contributed by atoms with Crippen molar-refractivity contribution < 1.29 is 18.7 Å². The second kappa shape index (κ2) is 5.95. The van der Waals surface area contributed by atoms with Crippen LogP contribution in [0.5, 0.6) is 0 Å². The van der Waals surface area contributed by atoms with E-state index in [1.54, 1.807) is 18.4 Å². The van der Waals surface area contributed by atoms with Crippen LogP contribution in [0.2, 0.25) is 0 Å². The standard InChI is InChI=1S/C11H15NO4/c1-9(13)12(6-5-11(14)15-2)8-10-4-3-7-16-10/h3-4,7H,5-6,8H2,1-2H3. The SMILES string of the molecule is COC(=O)CCN(Cc1ccco1)C(C)=O. The maximum absolute atomic E-state index is 11.3. The van der Waals surface area contributed by atoms with Gasteiger partial charge in [0, 0.05) is 13.5 Å². The highest BCUT2D eigenvalue weighted by Crippen LogP contribution is 2.06. The van der Waals surface area contributed by atoms with Crippen molar-refractivity contribution in [3.05, 3.63) is 24.2 Å². The van der Waals surface area contributed by atoms with Crippen LogP contribution in [0, 0.1) is 0 Å². The predicted octanol–water partition coefficient (Wildman–Crippen LogP) is 1.19. The number of esters is 1. The molecule has 0 spiro atoms. The molecule has 0 aliphatic carbocycles. The summed E-state index contributed by atoms with van der Waals surface area (Å²) < 4.78 is 9.65. The Morgan fingerprint density at radius 2 is 2.25 bits per heavy atom. The molecule has 16 heavy (non-hydrogen) atoms. The monoisotopic (exact) mass is 225 g/mol. The van der Waals surface area contributed by atoms with E-state index in [1.807, 2.05) is 0 Å². The average Bonchev–Trinajstić information content (AvgIpc) is 2.75. The van der Waals surface area contributed by atoms with Crippen molar-refractivity contribution in [2.45, 2.75) is 19.9 Å². The number of nitrogens with zero attached hydrogens (tertiary/aromatic N) is 1. The fourth-order valence-electron chi connectivity index (χ4n) is 1.27. The van der Waals surface area contributed by atoms with Gasteiger partial charge in [0.05, 0.1) is 26.3 Å². The Balaban J connectivity index is 2.48. The van der Waals surface area contributed by atoms with Crippen LogP contribution in [0.1, 0.15) is 19.1 Å². The first-order valence-corrected chi connectivity index (χ1v) is 4.98. The Morgan fingerprint density at radius 3 is 2.75 bits per heavy atom. The Kier molecular flexibility index (Phi) is 4.57. The zero-order chi connectivity index (χ0) is 12.0. The normalized spacial score (nSPS) is 9.88. The number of rotatable bonds is 5. The van der Waals surface area contributed by atoms with Crippen LogP contribution < -0.4 is 0 Å². The third-order valence-corrected chi connectivity index (χ3v) is 2.19. The van der Waals surface area contributed by atoms with Crippen LogP contribution in [0.4, 0.5) is 0 Å². The second-order valence-electron chi connectivity index (χ2n) is 3.35. The molecule has 1 amide bonds. The summed E-state index contributed by atoms with van der Waals surface area (Å²) in [6, 6.07) is 3.54. The van der Waals surface area contributed by atoms with Gasteiger partial charge in [0.2, 0.25) is 5.91 Å². The van der Waals surface area contributed by atoms with E-state index >= 15 is 0 Å². The van der Waals surface area contributed by atoms with E-state index in [1.165, 1.54) is 18.9 Å². The van der Waals surface area contributed by atoms with Gasteiger partial charge >= 0.3 is 5.97 Å². The second-order valence-corrected chi connectivity index (χ2v) is 3.35. The maximum atomic E-state index is 11.3. The molecule has 0 unspecified atom stereocenters. The van der Waals surface area contributed by atoms with Crippen LogP contribution in [-0.4, -0.2) is 30.4 Å². The van der Waals surface area contributed by atoms with E-state index in [4.69, 9.17) is 4.42 Å². The molecule has 1 aromatic rings. The number of hydrogen-bond donors (Lipinski definition) is 0. The van der Waals surface area contributed by atoms with E-state index < -0.39 is 0 Å². The Morgan fingerprint density at radius 1 is 1.50 bits per heavy atom. The van der Waals surface area contributed by atoms with Crippen molar-refractivity contribution in [2.75, 3.05) is 13.7 Å². The minimum absolute atomic E-state index is 0.0969. The molecule has 0 aromatic carbocycles. The quantitative estimate of drug-likeness (QED) is 0.706. The third kappa shape index (κ3) is 3.76. The van der Waals surface area contributed by atoms with Crippen molar-refractivity contribution in [1.82, 2.24) is 4.90 Å². The molecule has 5 heteroatoms. The molecule has 0 aliphatic rings. The molecule has 88 valence electrons. The largest absolute Gasteiger partial charge is 0.469 e. The number of ether oxygens (including phenoxy) is 1. The Labute approximate surface area is 94.0 Å². The minimum atomic E-state index is -0.328. The molecule has 0 N–H and O–H groups in total. The molecule has 5 nitrogen and oxygen atoms in total. The number of hydrogen-bond acceptors (Lipinski definition) is 4. The van der Waals surface area contributed by atoms with Gasteiger partial charge in [-0.25, -0.2) is 0 Å². The molecule has 0 saturated carbocycles. The van der Waals surface area contributed by atoms with E-state index in [-0.39, 0.29) is 18.3 Å². The molecule has 0 radical (unpaired) electrons. The first-order valence-electron chi connectivity index (χ1n) is 4.98. The van der Waals surface area contributed by atoms with Gasteiger partial charge in [-0.1, -0.05) is 0 Å². The van der Waals surface area contributed by atoms with Gasteiger partial charge in [0.25, 0.3) is 0 Å². The lowest BCUT2D eigenvalue weighted by atomic mass is 10.3. The van der Waals surface area contributed by atoms with Crippen molar-refractivity contribution in [2.24, 2.45) is 0 Å². The number of amides is 1. The summed E-state index contributed by atoms with van der Waals surface area (Å²) in [6.07, 6.45) is 1.74. The number of carbonyl (C=O) groups excluding carboxylic acids is 2. The minimum Gasteiger partial charge on any atom is -0.469 e. The zero-order valence-corrected chi connectivity index (χ0v) is 9.43. The molecule has 1 aromatic heterocycles. The Bertz CT molecular complexity index is 345. The fourth-order valence-corrected chi connectivity index (χ4v) is 1.27. The van der Waals surface area contributed by atoms with Gasteiger partial charge in [-0.2, -0.15) is 0 Å². The van der Waals surface area contributed by atoms with Gasteiger partial charge in [0.15, 0.2) is 0 Å². The lowest BCUT2D eigenvalue weighted by Gasteiger charge is -2.18. The molecule has 0 fully saturated rings. The molecule has 1 heterocycles. The highest BCUT2D eigenvalue weighted by Gasteiger charge is 2.12. The molecule has 0 atom stereocenters. The van der Waals surface area contributed by atoms with Crippen LogP contribution in [-0.2, 0) is 20.9 Å². The van der Waals surface area contributed by atoms with Crippen molar-refractivity contribution in [3.8, 4) is 0 Å². The summed E-state index contributed by atoms with van der Waals surface area (Å²) >= 11 is 0. The Hall–Kier alpha value is -1.78. The van der Waals surface area contributed by atoms with Gasteiger partial charge in [0.1, 0.15) is 5.76 Å². The first kappa shape index (κ1) is 12.3. The molecule has 0 saturated heterocycles. The summed E-state index contributed by atoms with van der Waals surface area (Å²) in [5.41, 5.74) is 0. The van der Waals surface area contributed by atoms with Gasteiger partial charge in [-0.05, 0) is 12.1 Å². The van der Waals surface area contributed by atoms with Crippen LogP contribution in [0.3, 0.4) is 0 Å². The lowest BCUT2D eigenvalue weighted by molar-refractivity contribution is -0.141. The summed E-state index contributed by atoms with van der Waals surface area (Å²) in [5, 5.41) is 0. The third-order valence-electron chi connectivity index (χ3n) is 2.19. The summed E-state index contributed by atoms with van der Waals surface area (Å²) in [5.74, 6) is 0.270. The molecular weight excluding hydrogens is 210 g/mol. The smallest absolute Gasteiger partial charge is 0.307 e. The first-order chi connectivity index (χ1) is 7.63. The van der Waals surface area contributed by atoms with Crippen LogP contribution >= 0.6 is 0 Å². The van der Waals surface area contributed by atoms with Gasteiger partial charge < -0.3 is 14.1 Å². The predicted molar refractivity (Wildman–Crippen MR) is 56.4 cm³/mol. The van der Waals surface area contributed by atoms with Gasteiger partial charge in [-0.3, -0.25) is 9.59 Å². The number of methoxy groups -OCH3 is 1. The molecule has 1 rings (SSSR count). The van der Waals surface area contributed by atoms with E-state index in [2.05, 4.69) is 4.74 Å². The van der Waals surface area contributed by atoms with Crippen molar-refractivity contribution >= 4 is 11.9 Å². The molecular formula is C11H15NO4. The summed E-state index contributed by atoms with van der Waals surface area (Å²) in [7, 11) is 1.33. The number of carbonyl (C=O) groups is 2. The average molecular weight is 225 g/mol.